The van der Waals surface area contributed by atoms with Crippen LogP contribution in [-0.4, -0.2) is 46.7 Å². The minimum atomic E-state index is -0.382. The molecule has 1 aromatic heterocycles. The summed E-state index contributed by atoms with van der Waals surface area (Å²) in [7, 11) is 1.76. The van der Waals surface area contributed by atoms with Crippen LogP contribution in [0.25, 0.3) is 0 Å². The average Bonchev–Trinajstić information content (AvgIpc) is 3.22. The molecule has 1 atom stereocenters. The van der Waals surface area contributed by atoms with Crippen LogP contribution < -0.4 is 9.80 Å². The van der Waals surface area contributed by atoms with Crippen LogP contribution in [-0.2, 0) is 22.5 Å². The van der Waals surface area contributed by atoms with Crippen molar-refractivity contribution >= 4 is 23.4 Å². The molecule has 118 valence electrons. The van der Waals surface area contributed by atoms with Crippen molar-refractivity contribution in [2.45, 2.75) is 19.1 Å². The lowest BCUT2D eigenvalue weighted by Gasteiger charge is -2.15. The summed E-state index contributed by atoms with van der Waals surface area (Å²) in [6, 6.07) is 5.59. The third-order valence-electron chi connectivity index (χ3n) is 4.19. The zero-order valence-electron chi connectivity index (χ0n) is 12.5. The summed E-state index contributed by atoms with van der Waals surface area (Å²) in [6.07, 6.45) is 3.02. The Hall–Kier alpha value is -2.90. The van der Waals surface area contributed by atoms with Gasteiger partial charge in [-0.1, -0.05) is 5.21 Å². The van der Waals surface area contributed by atoms with E-state index in [0.717, 1.165) is 16.9 Å². The zero-order valence-corrected chi connectivity index (χ0v) is 12.5. The molecule has 0 radical (unpaired) electrons. The quantitative estimate of drug-likeness (QED) is 0.838. The van der Waals surface area contributed by atoms with Crippen LogP contribution >= 0.6 is 0 Å². The number of amides is 2. The first-order chi connectivity index (χ1) is 11.1. The Bertz CT molecular complexity index is 773. The van der Waals surface area contributed by atoms with E-state index in [4.69, 9.17) is 4.74 Å². The van der Waals surface area contributed by atoms with Crippen molar-refractivity contribution < 1.29 is 14.3 Å². The van der Waals surface area contributed by atoms with Gasteiger partial charge in [-0.05, 0) is 23.8 Å². The van der Waals surface area contributed by atoms with Crippen LogP contribution in [0.4, 0.5) is 16.2 Å². The maximum absolute atomic E-state index is 12.1. The van der Waals surface area contributed by atoms with E-state index in [0.29, 0.717) is 19.5 Å². The number of rotatable bonds is 3. The van der Waals surface area contributed by atoms with Gasteiger partial charge in [0.05, 0.1) is 25.7 Å². The van der Waals surface area contributed by atoms with Crippen LogP contribution in [0.3, 0.4) is 0 Å². The molecule has 0 saturated carbocycles. The van der Waals surface area contributed by atoms with Gasteiger partial charge in [-0.3, -0.25) is 9.69 Å². The molecule has 8 nitrogen and oxygen atoms in total. The van der Waals surface area contributed by atoms with Gasteiger partial charge in [0.25, 0.3) is 0 Å². The Labute approximate surface area is 132 Å². The first-order valence-corrected chi connectivity index (χ1v) is 7.33. The topological polar surface area (TPSA) is 80.6 Å². The normalized spacial score (nSPS) is 20.1. The van der Waals surface area contributed by atoms with E-state index in [9.17, 15) is 9.59 Å². The van der Waals surface area contributed by atoms with Gasteiger partial charge in [0.15, 0.2) is 0 Å². The van der Waals surface area contributed by atoms with Crippen LogP contribution in [0.15, 0.2) is 30.6 Å². The van der Waals surface area contributed by atoms with Crippen molar-refractivity contribution in [3.05, 3.63) is 36.2 Å². The second kappa shape index (κ2) is 5.08. The van der Waals surface area contributed by atoms with Crippen LogP contribution in [0.2, 0.25) is 0 Å². The van der Waals surface area contributed by atoms with Gasteiger partial charge in [-0.2, -0.15) is 0 Å². The molecule has 2 aliphatic heterocycles. The van der Waals surface area contributed by atoms with E-state index in [2.05, 4.69) is 10.3 Å². The first-order valence-electron chi connectivity index (χ1n) is 7.33. The Morgan fingerprint density at radius 3 is 3.00 bits per heavy atom. The summed E-state index contributed by atoms with van der Waals surface area (Å²) < 4.78 is 7.02. The van der Waals surface area contributed by atoms with Crippen LogP contribution in [0.1, 0.15) is 5.56 Å². The molecule has 1 saturated heterocycles. The second-order valence-corrected chi connectivity index (χ2v) is 5.68. The van der Waals surface area contributed by atoms with E-state index in [1.807, 2.05) is 18.2 Å². The molecule has 0 unspecified atom stereocenters. The lowest BCUT2D eigenvalue weighted by Crippen LogP contribution is -2.26. The Morgan fingerprint density at radius 2 is 2.22 bits per heavy atom. The number of carbonyl (C=O) groups is 2. The molecule has 0 spiro atoms. The molecule has 4 rings (SSSR count). The van der Waals surface area contributed by atoms with E-state index in [1.165, 1.54) is 0 Å². The molecule has 1 aromatic carbocycles. The molecule has 1 fully saturated rings. The van der Waals surface area contributed by atoms with E-state index < -0.39 is 0 Å². The number of ether oxygens (including phenoxy) is 1. The Morgan fingerprint density at radius 1 is 1.35 bits per heavy atom. The highest BCUT2D eigenvalue weighted by Crippen LogP contribution is 2.32. The van der Waals surface area contributed by atoms with Gasteiger partial charge < -0.3 is 9.64 Å². The summed E-state index contributed by atoms with van der Waals surface area (Å²) in [4.78, 5) is 27.1. The number of likely N-dealkylation sites (N-methyl/N-ethyl adjacent to an activating group) is 1. The molecule has 2 aliphatic rings. The van der Waals surface area contributed by atoms with E-state index in [1.54, 1.807) is 33.9 Å². The van der Waals surface area contributed by atoms with Crippen molar-refractivity contribution in [2.24, 2.45) is 0 Å². The molecule has 0 bridgehead atoms. The monoisotopic (exact) mass is 313 g/mol. The predicted octanol–water partition coefficient (Wildman–Crippen LogP) is 0.822. The first kappa shape index (κ1) is 13.7. The van der Waals surface area contributed by atoms with E-state index >= 15 is 0 Å². The summed E-state index contributed by atoms with van der Waals surface area (Å²) in [6.45, 7) is 0.912. The van der Waals surface area contributed by atoms with Gasteiger partial charge in [-0.25, -0.2) is 9.48 Å². The minimum absolute atomic E-state index is 0.0604. The molecular formula is C15H15N5O3. The van der Waals surface area contributed by atoms with Crippen molar-refractivity contribution in [3.63, 3.8) is 0 Å². The largest absolute Gasteiger partial charge is 0.442 e. The maximum Gasteiger partial charge on any atom is 0.414 e. The van der Waals surface area contributed by atoms with Crippen LogP contribution in [0.5, 0.6) is 0 Å². The van der Waals surface area contributed by atoms with Gasteiger partial charge >= 0.3 is 6.09 Å². The third-order valence-corrected chi connectivity index (χ3v) is 4.19. The number of aromatic nitrogens is 3. The Kier molecular flexibility index (Phi) is 3.03. The van der Waals surface area contributed by atoms with Gasteiger partial charge in [-0.15, -0.1) is 5.10 Å². The van der Waals surface area contributed by atoms with Crippen molar-refractivity contribution in [1.82, 2.24) is 15.0 Å². The summed E-state index contributed by atoms with van der Waals surface area (Å²) >= 11 is 0. The number of fused-ring (bicyclic) bond motifs is 1. The highest BCUT2D eigenvalue weighted by atomic mass is 16.6. The predicted molar refractivity (Wildman–Crippen MR) is 81.2 cm³/mol. The highest BCUT2D eigenvalue weighted by Gasteiger charge is 2.34. The summed E-state index contributed by atoms with van der Waals surface area (Å²) in [5, 5.41) is 7.62. The molecule has 0 aliphatic carbocycles. The molecular weight excluding hydrogens is 298 g/mol. The third kappa shape index (κ3) is 2.32. The fourth-order valence-electron chi connectivity index (χ4n) is 2.99. The minimum Gasteiger partial charge on any atom is -0.442 e. The van der Waals surface area contributed by atoms with Gasteiger partial charge in [0.1, 0.15) is 6.10 Å². The molecule has 3 heterocycles. The number of hydrogen-bond acceptors (Lipinski definition) is 5. The van der Waals surface area contributed by atoms with Gasteiger partial charge in [0.2, 0.25) is 5.91 Å². The molecule has 23 heavy (non-hydrogen) atoms. The summed E-state index contributed by atoms with van der Waals surface area (Å²) in [5.41, 5.74) is 2.57. The van der Waals surface area contributed by atoms with Gasteiger partial charge in [0, 0.05) is 24.6 Å². The average molecular weight is 313 g/mol. The number of cyclic esters (lactones) is 1. The molecule has 8 heteroatoms. The van der Waals surface area contributed by atoms with E-state index in [-0.39, 0.29) is 18.1 Å². The zero-order chi connectivity index (χ0) is 16.0. The standard InChI is InChI=1S/C15H15N5O3/c1-18-13-3-2-11(6-10(13)7-14(18)21)20-9-12(23-15(20)22)8-19-5-4-16-17-19/h2-6,12H,7-9H2,1H3/t12-/m0/s1. The lowest BCUT2D eigenvalue weighted by atomic mass is 10.1. The summed E-state index contributed by atoms with van der Waals surface area (Å²) in [5.74, 6) is 0.0604. The van der Waals surface area contributed by atoms with Crippen molar-refractivity contribution in [3.8, 4) is 0 Å². The number of carbonyl (C=O) groups excluding carboxylic acids is 2. The van der Waals surface area contributed by atoms with Crippen LogP contribution in [0, 0.1) is 0 Å². The smallest absolute Gasteiger partial charge is 0.414 e. The second-order valence-electron chi connectivity index (χ2n) is 5.68. The Balaban J connectivity index is 1.54. The molecule has 2 aromatic rings. The fraction of sp³-hybridized carbons (Fsp3) is 0.333. The molecule has 2 amide bonds. The van der Waals surface area contributed by atoms with Crippen molar-refractivity contribution in [2.75, 3.05) is 23.4 Å². The maximum atomic E-state index is 12.1. The molecule has 0 N–H and O–H groups in total. The SMILES string of the molecule is CN1C(=O)Cc2cc(N3C[C@H](Cn4ccnn4)OC3=O)ccc21. The number of anilines is 2. The number of benzene rings is 1. The number of nitrogens with zero attached hydrogens (tertiary/aromatic N) is 5. The fourth-order valence-corrected chi connectivity index (χ4v) is 2.99. The van der Waals surface area contributed by atoms with Crippen molar-refractivity contribution in [1.29, 1.82) is 0 Å². The highest BCUT2D eigenvalue weighted by molar-refractivity contribution is 6.02. The lowest BCUT2D eigenvalue weighted by molar-refractivity contribution is -0.117. The number of hydrogen-bond donors (Lipinski definition) is 0.